The lowest BCUT2D eigenvalue weighted by molar-refractivity contribution is -0.0605. The van der Waals surface area contributed by atoms with Crippen LogP contribution in [-0.4, -0.2) is 50.1 Å². The van der Waals surface area contributed by atoms with Crippen LogP contribution in [0.15, 0.2) is 24.4 Å². The lowest BCUT2D eigenvalue weighted by Crippen LogP contribution is -2.49. The van der Waals surface area contributed by atoms with Crippen molar-refractivity contribution in [2.45, 2.75) is 32.1 Å². The number of ether oxygens (including phenoxy) is 1. The molecule has 0 radical (unpaired) electrons. The second kappa shape index (κ2) is 5.34. The molecule has 1 amide bonds. The van der Waals surface area contributed by atoms with Gasteiger partial charge in [0.15, 0.2) is 0 Å². The van der Waals surface area contributed by atoms with Crippen molar-refractivity contribution < 1.29 is 14.6 Å². The summed E-state index contributed by atoms with van der Waals surface area (Å²) in [5.41, 5.74) is 2.20. The van der Waals surface area contributed by atoms with Crippen LogP contribution in [0, 0.1) is 6.92 Å². The van der Waals surface area contributed by atoms with Crippen molar-refractivity contribution >= 4 is 5.91 Å². The lowest BCUT2D eigenvalue weighted by atomic mass is 9.99. The van der Waals surface area contributed by atoms with Crippen molar-refractivity contribution in [2.24, 2.45) is 0 Å². The van der Waals surface area contributed by atoms with Crippen molar-refractivity contribution in [2.75, 3.05) is 13.1 Å². The number of carbonyl (C=O) groups is 1. The molecule has 3 heterocycles. The molecule has 1 aromatic carbocycles. The molecule has 0 bridgehead atoms. The van der Waals surface area contributed by atoms with Gasteiger partial charge < -0.3 is 14.7 Å². The van der Waals surface area contributed by atoms with Crippen LogP contribution in [0.25, 0.3) is 0 Å². The quantitative estimate of drug-likeness (QED) is 0.857. The van der Waals surface area contributed by atoms with Crippen LogP contribution in [0.1, 0.15) is 34.1 Å². The summed E-state index contributed by atoms with van der Waals surface area (Å²) in [4.78, 5) is 14.5. The summed E-state index contributed by atoms with van der Waals surface area (Å²) in [5, 5.41) is 17.9. The van der Waals surface area contributed by atoms with Crippen LogP contribution in [0.2, 0.25) is 0 Å². The monoisotopic (exact) mass is 314 g/mol. The number of phenols is 1. The molecule has 1 saturated heterocycles. The summed E-state index contributed by atoms with van der Waals surface area (Å²) < 4.78 is 7.73. The highest BCUT2D eigenvalue weighted by Gasteiger charge is 2.38. The fourth-order valence-electron chi connectivity index (χ4n) is 3.29. The van der Waals surface area contributed by atoms with Gasteiger partial charge >= 0.3 is 0 Å². The van der Waals surface area contributed by atoms with E-state index in [1.165, 1.54) is 6.07 Å². The van der Waals surface area contributed by atoms with E-state index in [9.17, 15) is 9.90 Å². The van der Waals surface area contributed by atoms with Gasteiger partial charge in [0.05, 0.1) is 30.6 Å². The number of aromatic hydroxyl groups is 1. The number of phenolic OH excluding ortho intramolecular Hbond substituents is 1. The zero-order valence-corrected chi connectivity index (χ0v) is 12.8. The predicted octanol–water partition coefficient (Wildman–Crippen LogP) is 1.28. The Morgan fingerprint density at radius 2 is 2.30 bits per heavy atom. The Balaban J connectivity index is 1.57. The summed E-state index contributed by atoms with van der Waals surface area (Å²) >= 11 is 0. The summed E-state index contributed by atoms with van der Waals surface area (Å²) in [7, 11) is 0. The standard InChI is InChI=1S/C16H18N4O3/c1-10-2-3-11(6-14(10)21)16(22)19-5-4-15-13(8-19)20-12(9-23-15)7-17-18-20/h2-3,6-7,13,15,21H,4-5,8-9H2,1H3/t13-,15-/m1/s1. The molecule has 2 aliphatic heterocycles. The van der Waals surface area contributed by atoms with Gasteiger partial charge in [-0.25, -0.2) is 4.68 Å². The summed E-state index contributed by atoms with van der Waals surface area (Å²) in [5.74, 6) is 0.0660. The SMILES string of the molecule is Cc1ccc(C(=O)N2CC[C@H]3OCc4cnnn4[C@@H]3C2)cc1O. The topological polar surface area (TPSA) is 80.5 Å². The first-order valence-corrected chi connectivity index (χ1v) is 7.73. The first kappa shape index (κ1) is 14.2. The van der Waals surface area contributed by atoms with E-state index in [2.05, 4.69) is 10.3 Å². The Morgan fingerprint density at radius 3 is 3.13 bits per heavy atom. The first-order valence-electron chi connectivity index (χ1n) is 7.73. The minimum Gasteiger partial charge on any atom is -0.508 e. The van der Waals surface area contributed by atoms with Crippen LogP contribution >= 0.6 is 0 Å². The molecule has 0 saturated carbocycles. The Bertz CT molecular complexity index is 758. The molecule has 2 atom stereocenters. The van der Waals surface area contributed by atoms with Crippen molar-refractivity contribution in [1.82, 2.24) is 19.9 Å². The predicted molar refractivity (Wildman–Crippen MR) is 81.0 cm³/mol. The molecule has 7 nitrogen and oxygen atoms in total. The number of rotatable bonds is 1. The fourth-order valence-corrected chi connectivity index (χ4v) is 3.29. The fraction of sp³-hybridized carbons (Fsp3) is 0.438. The van der Waals surface area contributed by atoms with E-state index in [4.69, 9.17) is 4.74 Å². The average Bonchev–Trinajstić information content (AvgIpc) is 3.05. The first-order chi connectivity index (χ1) is 11.1. The Kier molecular flexibility index (Phi) is 3.30. The van der Waals surface area contributed by atoms with E-state index in [-0.39, 0.29) is 23.8 Å². The highest BCUT2D eigenvalue weighted by molar-refractivity contribution is 5.94. The van der Waals surface area contributed by atoms with Crippen molar-refractivity contribution in [3.8, 4) is 5.75 Å². The van der Waals surface area contributed by atoms with Crippen LogP contribution in [-0.2, 0) is 11.3 Å². The number of nitrogens with zero attached hydrogens (tertiary/aromatic N) is 4. The maximum Gasteiger partial charge on any atom is 0.254 e. The maximum atomic E-state index is 12.7. The van der Waals surface area contributed by atoms with Gasteiger partial charge in [-0.05, 0) is 31.0 Å². The summed E-state index contributed by atoms with van der Waals surface area (Å²) in [6.07, 6.45) is 2.54. The molecule has 4 rings (SSSR count). The normalized spacial score (nSPS) is 23.3. The Morgan fingerprint density at radius 1 is 1.43 bits per heavy atom. The highest BCUT2D eigenvalue weighted by Crippen LogP contribution is 2.31. The zero-order valence-electron chi connectivity index (χ0n) is 12.8. The summed E-state index contributed by atoms with van der Waals surface area (Å²) in [6.45, 7) is 3.50. The van der Waals surface area contributed by atoms with Crippen LogP contribution < -0.4 is 0 Å². The van der Waals surface area contributed by atoms with E-state index >= 15 is 0 Å². The van der Waals surface area contributed by atoms with Gasteiger partial charge in [0.1, 0.15) is 5.75 Å². The molecule has 2 aliphatic rings. The molecule has 2 aromatic rings. The van der Waals surface area contributed by atoms with Crippen LogP contribution in [0.4, 0.5) is 0 Å². The highest BCUT2D eigenvalue weighted by atomic mass is 16.5. The average molecular weight is 314 g/mol. The second-order valence-electron chi connectivity index (χ2n) is 6.13. The molecular formula is C16H18N4O3. The Hall–Kier alpha value is -2.41. The molecule has 23 heavy (non-hydrogen) atoms. The van der Waals surface area contributed by atoms with Crippen molar-refractivity contribution in [3.05, 3.63) is 41.2 Å². The van der Waals surface area contributed by atoms with Gasteiger partial charge in [-0.2, -0.15) is 0 Å². The number of benzene rings is 1. The molecule has 1 aromatic heterocycles. The zero-order chi connectivity index (χ0) is 16.0. The number of hydrogen-bond acceptors (Lipinski definition) is 5. The van der Waals surface area contributed by atoms with E-state index in [1.807, 2.05) is 4.68 Å². The number of fused-ring (bicyclic) bond motifs is 3. The van der Waals surface area contributed by atoms with E-state index in [0.717, 1.165) is 17.7 Å². The van der Waals surface area contributed by atoms with E-state index in [0.29, 0.717) is 25.3 Å². The smallest absolute Gasteiger partial charge is 0.254 e. The number of amides is 1. The molecule has 7 heteroatoms. The molecule has 0 unspecified atom stereocenters. The lowest BCUT2D eigenvalue weighted by Gasteiger charge is -2.41. The number of carbonyl (C=O) groups excluding carboxylic acids is 1. The molecular weight excluding hydrogens is 296 g/mol. The third-order valence-electron chi connectivity index (χ3n) is 4.67. The molecule has 120 valence electrons. The van der Waals surface area contributed by atoms with Gasteiger partial charge in [-0.3, -0.25) is 4.79 Å². The van der Waals surface area contributed by atoms with Crippen molar-refractivity contribution in [3.63, 3.8) is 0 Å². The molecule has 0 spiro atoms. The maximum absolute atomic E-state index is 12.7. The van der Waals surface area contributed by atoms with Crippen LogP contribution in [0.5, 0.6) is 5.75 Å². The van der Waals surface area contributed by atoms with Gasteiger partial charge in [0, 0.05) is 18.7 Å². The van der Waals surface area contributed by atoms with Gasteiger partial charge in [0.25, 0.3) is 5.91 Å². The number of hydrogen-bond donors (Lipinski definition) is 1. The van der Waals surface area contributed by atoms with E-state index in [1.54, 1.807) is 30.2 Å². The third kappa shape index (κ3) is 2.37. The summed E-state index contributed by atoms with van der Waals surface area (Å²) in [6, 6.07) is 5.04. The second-order valence-corrected chi connectivity index (χ2v) is 6.13. The largest absolute Gasteiger partial charge is 0.508 e. The number of likely N-dealkylation sites (tertiary alicyclic amines) is 1. The molecule has 1 N–H and O–H groups in total. The molecule has 1 fully saturated rings. The number of piperidine rings is 1. The minimum absolute atomic E-state index is 0.00186. The minimum atomic E-state index is -0.0778. The van der Waals surface area contributed by atoms with Gasteiger partial charge in [-0.1, -0.05) is 11.3 Å². The number of aromatic nitrogens is 3. The van der Waals surface area contributed by atoms with Crippen molar-refractivity contribution in [1.29, 1.82) is 0 Å². The van der Waals surface area contributed by atoms with E-state index < -0.39 is 0 Å². The van der Waals surface area contributed by atoms with Gasteiger partial charge in [0.2, 0.25) is 0 Å². The number of aryl methyl sites for hydroxylation is 1. The van der Waals surface area contributed by atoms with Gasteiger partial charge in [-0.15, -0.1) is 5.10 Å². The van der Waals surface area contributed by atoms with Crippen LogP contribution in [0.3, 0.4) is 0 Å². The third-order valence-corrected chi connectivity index (χ3v) is 4.67. The Labute approximate surface area is 133 Å². The molecule has 0 aliphatic carbocycles.